The number of ketones is 1. The predicted octanol–water partition coefficient (Wildman–Crippen LogP) is 3.97. The number of pyridine rings is 1. The van der Waals surface area contributed by atoms with E-state index in [0.717, 1.165) is 15.6 Å². The van der Waals surface area contributed by atoms with E-state index in [2.05, 4.69) is 9.97 Å². The Hall–Kier alpha value is -3.13. The topological polar surface area (TPSA) is 72.4 Å². The van der Waals surface area contributed by atoms with Crippen LogP contribution in [0.5, 0.6) is 5.75 Å². The molecule has 0 unspecified atom stereocenters. The number of carbonyl (C=O) groups excluding carboxylic acids is 2. The van der Waals surface area contributed by atoms with Crippen molar-refractivity contribution in [1.82, 2.24) is 9.97 Å². The quantitative estimate of drug-likeness (QED) is 0.635. The van der Waals surface area contributed by atoms with Gasteiger partial charge in [-0.25, -0.2) is 14.4 Å². The molecule has 2 aliphatic rings. The Balaban J connectivity index is 1.31. The standard InChI is InChI=1S/C22H18FN3O3S/c1-12-10-25-21(30-12)18-4-2-14(11-24-18)29-20-6-7-26(22(20)28)13-8-16-15(17(23)9-13)3-5-19(16)27/h2,4,8-11,20H,3,5-7H2,1H3/t20-/m1/s1. The minimum Gasteiger partial charge on any atom is -0.479 e. The van der Waals surface area contributed by atoms with Gasteiger partial charge in [0.15, 0.2) is 11.9 Å². The van der Waals surface area contributed by atoms with Crippen LogP contribution in [0.25, 0.3) is 10.7 Å². The predicted molar refractivity (Wildman–Crippen MR) is 111 cm³/mol. The van der Waals surface area contributed by atoms with Crippen LogP contribution in [0, 0.1) is 12.7 Å². The molecule has 6 nitrogen and oxygen atoms in total. The van der Waals surface area contributed by atoms with Gasteiger partial charge in [0.05, 0.1) is 11.9 Å². The Labute approximate surface area is 176 Å². The number of hydrogen-bond donors (Lipinski definition) is 0. The van der Waals surface area contributed by atoms with Crippen molar-refractivity contribution in [2.24, 2.45) is 0 Å². The van der Waals surface area contributed by atoms with Crippen molar-refractivity contribution in [3.8, 4) is 16.5 Å². The third-order valence-corrected chi connectivity index (χ3v) is 6.34. The van der Waals surface area contributed by atoms with Crippen LogP contribution in [0.2, 0.25) is 0 Å². The van der Waals surface area contributed by atoms with Gasteiger partial charge >= 0.3 is 0 Å². The molecule has 1 aromatic carbocycles. The van der Waals surface area contributed by atoms with Gasteiger partial charge in [-0.1, -0.05) is 0 Å². The van der Waals surface area contributed by atoms with E-state index in [1.807, 2.05) is 13.0 Å². The number of amides is 1. The third kappa shape index (κ3) is 3.27. The van der Waals surface area contributed by atoms with Crippen LogP contribution in [-0.4, -0.2) is 34.3 Å². The number of thiazole rings is 1. The molecular formula is C22H18FN3O3S. The number of Topliss-reactive ketones (excluding diaryl/α,β-unsaturated/α-hetero) is 1. The molecule has 8 heteroatoms. The highest BCUT2D eigenvalue weighted by Crippen LogP contribution is 2.32. The molecule has 1 fully saturated rings. The monoisotopic (exact) mass is 423 g/mol. The van der Waals surface area contributed by atoms with Gasteiger partial charge in [-0.2, -0.15) is 0 Å². The van der Waals surface area contributed by atoms with Crippen LogP contribution < -0.4 is 9.64 Å². The van der Waals surface area contributed by atoms with E-state index in [9.17, 15) is 14.0 Å². The second-order valence-corrected chi connectivity index (χ2v) is 8.65. The van der Waals surface area contributed by atoms with Crippen molar-refractivity contribution in [2.45, 2.75) is 32.3 Å². The van der Waals surface area contributed by atoms with Gasteiger partial charge in [0.25, 0.3) is 5.91 Å². The number of halogens is 1. The Kier molecular flexibility index (Phi) is 4.58. The molecular weight excluding hydrogens is 405 g/mol. The molecule has 1 aliphatic carbocycles. The van der Waals surface area contributed by atoms with E-state index >= 15 is 0 Å². The lowest BCUT2D eigenvalue weighted by Crippen LogP contribution is -2.32. The summed E-state index contributed by atoms with van der Waals surface area (Å²) in [6, 6.07) is 6.54. The fraction of sp³-hybridized carbons (Fsp3) is 0.273. The summed E-state index contributed by atoms with van der Waals surface area (Å²) in [7, 11) is 0. The number of carbonyl (C=O) groups is 2. The highest BCUT2D eigenvalue weighted by atomic mass is 32.1. The van der Waals surface area contributed by atoms with Crippen molar-refractivity contribution in [2.75, 3.05) is 11.4 Å². The maximum absolute atomic E-state index is 14.4. The molecule has 152 valence electrons. The second-order valence-electron chi connectivity index (χ2n) is 7.42. The lowest BCUT2D eigenvalue weighted by molar-refractivity contribution is -0.122. The van der Waals surface area contributed by atoms with Crippen molar-refractivity contribution in [1.29, 1.82) is 0 Å². The summed E-state index contributed by atoms with van der Waals surface area (Å²) < 4.78 is 20.2. The lowest BCUT2D eigenvalue weighted by atomic mass is 10.1. The summed E-state index contributed by atoms with van der Waals surface area (Å²) >= 11 is 1.56. The van der Waals surface area contributed by atoms with Gasteiger partial charge in [0.1, 0.15) is 16.6 Å². The molecule has 5 rings (SSSR count). The summed E-state index contributed by atoms with van der Waals surface area (Å²) in [4.78, 5) is 36.1. The molecule has 3 aromatic rings. The Morgan fingerprint density at radius 3 is 2.77 bits per heavy atom. The number of fused-ring (bicyclic) bond motifs is 1. The van der Waals surface area contributed by atoms with Crippen LogP contribution in [-0.2, 0) is 11.2 Å². The first kappa shape index (κ1) is 18.9. The van der Waals surface area contributed by atoms with Gasteiger partial charge in [0, 0.05) is 41.7 Å². The molecule has 30 heavy (non-hydrogen) atoms. The van der Waals surface area contributed by atoms with Crippen LogP contribution in [0.15, 0.2) is 36.7 Å². The Morgan fingerprint density at radius 2 is 2.03 bits per heavy atom. The van der Waals surface area contributed by atoms with Crippen LogP contribution in [0.3, 0.4) is 0 Å². The van der Waals surface area contributed by atoms with E-state index in [1.165, 1.54) is 11.0 Å². The van der Waals surface area contributed by atoms with Crippen molar-refractivity contribution >= 4 is 28.7 Å². The van der Waals surface area contributed by atoms with Crippen molar-refractivity contribution in [3.05, 3.63) is 58.5 Å². The second kappa shape index (κ2) is 7.28. The molecule has 0 spiro atoms. The molecule has 0 N–H and O–H groups in total. The van der Waals surface area contributed by atoms with Gasteiger partial charge in [-0.15, -0.1) is 11.3 Å². The number of anilines is 1. The first-order valence-corrected chi connectivity index (χ1v) is 10.5. The van der Waals surface area contributed by atoms with Crippen molar-refractivity contribution in [3.63, 3.8) is 0 Å². The zero-order valence-electron chi connectivity index (χ0n) is 16.2. The summed E-state index contributed by atoms with van der Waals surface area (Å²) in [6.07, 6.45) is 3.91. The number of ether oxygens (including phenoxy) is 1. The number of benzene rings is 1. The molecule has 1 atom stereocenters. The van der Waals surface area contributed by atoms with E-state index in [0.29, 0.717) is 48.4 Å². The highest BCUT2D eigenvalue weighted by Gasteiger charge is 2.36. The average Bonchev–Trinajstić information content (AvgIpc) is 3.43. The summed E-state index contributed by atoms with van der Waals surface area (Å²) in [5, 5.41) is 0.829. The van der Waals surface area contributed by atoms with E-state index < -0.39 is 11.9 Å². The Morgan fingerprint density at radius 1 is 1.17 bits per heavy atom. The number of aryl methyl sites for hydroxylation is 1. The summed E-state index contributed by atoms with van der Waals surface area (Å²) in [5.41, 5.74) is 1.99. The maximum Gasteiger partial charge on any atom is 0.268 e. The molecule has 1 saturated heterocycles. The Bertz CT molecular complexity index is 1160. The molecule has 2 aromatic heterocycles. The molecule has 0 saturated carbocycles. The number of nitrogens with zero attached hydrogens (tertiary/aromatic N) is 3. The maximum atomic E-state index is 14.4. The SMILES string of the molecule is Cc1cnc(-c2ccc(O[C@@H]3CCN(c4cc(F)c5c(c4)C(=O)CC5)C3=O)cn2)s1. The first-order valence-electron chi connectivity index (χ1n) is 9.72. The number of hydrogen-bond acceptors (Lipinski definition) is 6. The first-order chi connectivity index (χ1) is 14.5. The zero-order valence-corrected chi connectivity index (χ0v) is 17.0. The largest absolute Gasteiger partial charge is 0.479 e. The van der Waals surface area contributed by atoms with Gasteiger partial charge < -0.3 is 9.64 Å². The minimum absolute atomic E-state index is 0.0771. The van der Waals surface area contributed by atoms with Gasteiger partial charge in [-0.05, 0) is 43.2 Å². The van der Waals surface area contributed by atoms with Gasteiger partial charge in [0.2, 0.25) is 0 Å². The van der Waals surface area contributed by atoms with E-state index in [1.54, 1.807) is 35.9 Å². The lowest BCUT2D eigenvalue weighted by Gasteiger charge is -2.18. The minimum atomic E-state index is -0.674. The molecule has 1 aliphatic heterocycles. The van der Waals surface area contributed by atoms with Crippen molar-refractivity contribution < 1.29 is 18.7 Å². The van der Waals surface area contributed by atoms with E-state index in [-0.39, 0.29) is 11.7 Å². The molecule has 0 bridgehead atoms. The smallest absolute Gasteiger partial charge is 0.268 e. The normalized spacial score (nSPS) is 18.2. The van der Waals surface area contributed by atoms with Crippen LogP contribution >= 0.6 is 11.3 Å². The number of rotatable bonds is 4. The average molecular weight is 423 g/mol. The third-order valence-electron chi connectivity index (χ3n) is 5.41. The van der Waals surface area contributed by atoms with Crippen LogP contribution in [0.1, 0.15) is 33.6 Å². The molecule has 0 radical (unpaired) electrons. The fourth-order valence-corrected chi connectivity index (χ4v) is 4.63. The van der Waals surface area contributed by atoms with Gasteiger partial charge in [-0.3, -0.25) is 9.59 Å². The number of aromatic nitrogens is 2. The highest BCUT2D eigenvalue weighted by molar-refractivity contribution is 7.14. The van der Waals surface area contributed by atoms with E-state index in [4.69, 9.17) is 4.74 Å². The summed E-state index contributed by atoms with van der Waals surface area (Å²) in [5.74, 6) is -0.267. The van der Waals surface area contributed by atoms with Crippen LogP contribution in [0.4, 0.5) is 10.1 Å². The molecule has 3 heterocycles. The zero-order chi connectivity index (χ0) is 20.8. The molecule has 1 amide bonds. The summed E-state index contributed by atoms with van der Waals surface area (Å²) in [6.45, 7) is 2.39. The fourth-order valence-electron chi connectivity index (χ4n) is 3.89.